The summed E-state index contributed by atoms with van der Waals surface area (Å²) in [5, 5.41) is 9.77. The first-order chi connectivity index (χ1) is 47.6. The number of ether oxygens (including phenoxy) is 4. The zero-order chi connectivity index (χ0) is 70.4. The van der Waals surface area contributed by atoms with Crippen molar-refractivity contribution in [3.05, 3.63) is 207 Å². The molecule has 544 valence electrons. The largest absolute Gasteiger partial charge is 0.477 e. The average Bonchev–Trinajstić information content (AvgIpc) is 3.74. The molecule has 0 fully saturated rings. The number of carboxylic acid groups (broad SMARTS) is 1. The molecule has 0 aromatic rings. The summed E-state index contributed by atoms with van der Waals surface area (Å²) in [7, 11) is 5.96. The second-order valence-electron chi connectivity index (χ2n) is 25.8. The van der Waals surface area contributed by atoms with Gasteiger partial charge in [0.05, 0.1) is 34.4 Å². The van der Waals surface area contributed by atoms with E-state index in [4.69, 9.17) is 18.9 Å². The summed E-state index contributed by atoms with van der Waals surface area (Å²) < 4.78 is 23.0. The van der Waals surface area contributed by atoms with Crippen molar-refractivity contribution in [3.8, 4) is 0 Å². The third-order valence-corrected chi connectivity index (χ3v) is 15.5. The predicted octanol–water partition coefficient (Wildman–Crippen LogP) is 24.7. The van der Waals surface area contributed by atoms with Crippen molar-refractivity contribution < 1.29 is 42.9 Å². The Kier molecular flexibility index (Phi) is 70.9. The summed E-state index contributed by atoms with van der Waals surface area (Å²) in [6.07, 6.45) is 115. The van der Waals surface area contributed by atoms with Gasteiger partial charge in [0.25, 0.3) is 6.29 Å². The van der Waals surface area contributed by atoms with Crippen LogP contribution in [0.15, 0.2) is 207 Å². The first kappa shape index (κ1) is 90.9. The Labute approximate surface area is 594 Å². The number of nitrogens with zero attached hydrogens (tertiary/aromatic N) is 1. The van der Waals surface area contributed by atoms with E-state index in [1.807, 2.05) is 21.1 Å². The molecule has 0 radical (unpaired) electrons. The SMILES string of the molecule is CC/C=C\C/C=C\C/C=C\C/C=C\C/C=C\C/C=C\C/C=C\C/C=C\C/C=C\CCCCCCCCCC(=O)OC(COC(=O)CCCCCCCCCCCCCC/C=C\C/C=C\C/C=C\C/C=C\C/C=C\C/C=C\C/C=C\C/C=C\CC)COC(OCC[N+](C)(C)C)C(=O)O. The van der Waals surface area contributed by atoms with Crippen LogP contribution in [0, 0.1) is 0 Å². The van der Waals surface area contributed by atoms with E-state index in [0.29, 0.717) is 17.4 Å². The Morgan fingerprint density at radius 3 is 0.825 bits per heavy atom. The molecule has 0 aliphatic carbocycles. The summed E-state index contributed by atoms with van der Waals surface area (Å²) in [6.45, 7) is 4.62. The van der Waals surface area contributed by atoms with Gasteiger partial charge in [-0.3, -0.25) is 9.59 Å². The fourth-order valence-corrected chi connectivity index (χ4v) is 9.79. The van der Waals surface area contributed by atoms with E-state index >= 15 is 0 Å². The van der Waals surface area contributed by atoms with Crippen LogP contribution in [0.1, 0.15) is 271 Å². The van der Waals surface area contributed by atoms with E-state index in [0.717, 1.165) is 154 Å². The number of allylic oxidation sites excluding steroid dienone is 34. The molecule has 2 atom stereocenters. The second-order valence-corrected chi connectivity index (χ2v) is 25.8. The first-order valence-electron chi connectivity index (χ1n) is 38.2. The maximum absolute atomic E-state index is 13.0. The number of hydrogen-bond acceptors (Lipinski definition) is 7. The van der Waals surface area contributed by atoms with E-state index in [-0.39, 0.29) is 38.6 Å². The van der Waals surface area contributed by atoms with Crippen LogP contribution in [0.5, 0.6) is 0 Å². The standard InChI is InChI=1S/C88H139NO8/c1-6-8-10-12-14-16-18-20-22-24-26-28-30-32-34-36-38-40-42-43-45-46-48-50-52-54-56-58-60-62-64-66-68-70-72-74-76-78-85(90)95-82-84(83-96-88(87(92)93)94-81-80-89(3,4)5)97-86(91)79-77-75-73-71-69-67-65-63-61-59-57-55-53-51-49-47-44-41-39-37-35-33-31-29-27-25-23-21-19-17-15-13-11-9-7-2/h8-11,14-17,20-23,26-29,32-35,38-41,43,45,47-50,53,55,59,61,84,88H,6-7,12-13,18-19,24-25,30-31,36-37,42,44,46,51-52,54,56-58,60,62-83H2,1-5H3/p+1/b10-8-,11-9-,16-14-,17-15-,22-20-,23-21-,28-26-,29-27-,34-32-,35-33-,40-38-,41-39-,45-43-,49-47-,50-48-,55-53-,61-59-. The van der Waals surface area contributed by atoms with E-state index in [2.05, 4.69) is 220 Å². The van der Waals surface area contributed by atoms with Crippen LogP contribution < -0.4 is 0 Å². The quantitative estimate of drug-likeness (QED) is 0.0211. The normalized spacial score (nSPS) is 13.9. The highest BCUT2D eigenvalue weighted by Crippen LogP contribution is 2.16. The molecule has 0 aliphatic heterocycles. The molecule has 0 rings (SSSR count). The van der Waals surface area contributed by atoms with Gasteiger partial charge >= 0.3 is 17.9 Å². The highest BCUT2D eigenvalue weighted by Gasteiger charge is 2.25. The predicted molar refractivity (Wildman–Crippen MR) is 418 cm³/mol. The van der Waals surface area contributed by atoms with Gasteiger partial charge in [0.15, 0.2) is 6.10 Å². The fourth-order valence-electron chi connectivity index (χ4n) is 9.79. The molecule has 2 unspecified atom stereocenters. The first-order valence-corrected chi connectivity index (χ1v) is 38.2. The number of aliphatic carboxylic acids is 1. The number of carbonyl (C=O) groups excluding carboxylic acids is 2. The minimum atomic E-state index is -1.53. The molecule has 0 amide bonds. The molecular weight excluding hydrogens is 1200 g/mol. The number of rotatable bonds is 68. The highest BCUT2D eigenvalue weighted by atomic mass is 16.7. The maximum Gasteiger partial charge on any atom is 0.361 e. The third kappa shape index (κ3) is 77.1. The minimum Gasteiger partial charge on any atom is -0.477 e. The van der Waals surface area contributed by atoms with Gasteiger partial charge in [-0.25, -0.2) is 4.79 Å². The van der Waals surface area contributed by atoms with Gasteiger partial charge < -0.3 is 28.5 Å². The molecule has 97 heavy (non-hydrogen) atoms. The lowest BCUT2D eigenvalue weighted by molar-refractivity contribution is -0.870. The topological polar surface area (TPSA) is 108 Å². The number of hydrogen-bond donors (Lipinski definition) is 1. The Morgan fingerprint density at radius 1 is 0.309 bits per heavy atom. The number of quaternary nitrogens is 1. The number of carbonyl (C=O) groups is 3. The van der Waals surface area contributed by atoms with Crippen molar-refractivity contribution in [1.82, 2.24) is 0 Å². The fraction of sp³-hybridized carbons (Fsp3) is 0.580. The molecular formula is C88H140NO8+. The Balaban J connectivity index is 4.18. The van der Waals surface area contributed by atoms with Gasteiger partial charge in [0.2, 0.25) is 0 Å². The van der Waals surface area contributed by atoms with Gasteiger partial charge in [-0.2, -0.15) is 0 Å². The van der Waals surface area contributed by atoms with Crippen molar-refractivity contribution >= 4 is 17.9 Å². The summed E-state index contributed by atoms with van der Waals surface area (Å²) in [5.74, 6) is -2.04. The summed E-state index contributed by atoms with van der Waals surface area (Å²) in [6, 6.07) is 0. The lowest BCUT2D eigenvalue weighted by Gasteiger charge is -2.25. The van der Waals surface area contributed by atoms with Gasteiger partial charge in [-0.05, 0) is 148 Å². The van der Waals surface area contributed by atoms with E-state index in [9.17, 15) is 19.5 Å². The smallest absolute Gasteiger partial charge is 0.361 e. The monoisotopic (exact) mass is 1340 g/mol. The lowest BCUT2D eigenvalue weighted by Crippen LogP contribution is -2.40. The van der Waals surface area contributed by atoms with E-state index in [1.165, 1.54) is 83.5 Å². The number of carboxylic acids is 1. The molecule has 0 spiro atoms. The number of unbranched alkanes of at least 4 members (excludes halogenated alkanes) is 19. The molecule has 9 heteroatoms. The Hall–Kier alpha value is -6.13. The van der Waals surface area contributed by atoms with Crippen molar-refractivity contribution in [1.29, 1.82) is 0 Å². The Morgan fingerprint density at radius 2 is 0.557 bits per heavy atom. The summed E-state index contributed by atoms with van der Waals surface area (Å²) >= 11 is 0. The molecule has 9 nitrogen and oxygen atoms in total. The van der Waals surface area contributed by atoms with Crippen LogP contribution >= 0.6 is 0 Å². The number of likely N-dealkylation sites (N-methyl/N-ethyl adjacent to an activating group) is 1. The van der Waals surface area contributed by atoms with Crippen LogP contribution in [0.2, 0.25) is 0 Å². The van der Waals surface area contributed by atoms with Crippen LogP contribution in [-0.2, 0) is 33.3 Å². The lowest BCUT2D eigenvalue weighted by atomic mass is 10.0. The van der Waals surface area contributed by atoms with E-state index in [1.54, 1.807) is 0 Å². The zero-order valence-electron chi connectivity index (χ0n) is 62.1. The third-order valence-electron chi connectivity index (χ3n) is 15.5. The molecule has 0 aliphatic rings. The molecule has 0 saturated carbocycles. The molecule has 0 bridgehead atoms. The van der Waals surface area contributed by atoms with Crippen LogP contribution in [-0.4, -0.2) is 87.4 Å². The molecule has 1 N–H and O–H groups in total. The zero-order valence-corrected chi connectivity index (χ0v) is 62.1. The van der Waals surface area contributed by atoms with Gasteiger partial charge in [0, 0.05) is 12.8 Å². The van der Waals surface area contributed by atoms with E-state index < -0.39 is 24.3 Å². The van der Waals surface area contributed by atoms with Gasteiger partial charge in [-0.1, -0.05) is 317 Å². The number of esters is 2. The van der Waals surface area contributed by atoms with Crippen LogP contribution in [0.4, 0.5) is 0 Å². The highest BCUT2D eigenvalue weighted by molar-refractivity contribution is 5.71. The van der Waals surface area contributed by atoms with Crippen molar-refractivity contribution in [2.45, 2.75) is 283 Å². The second kappa shape index (κ2) is 75.6. The van der Waals surface area contributed by atoms with Crippen molar-refractivity contribution in [2.24, 2.45) is 0 Å². The van der Waals surface area contributed by atoms with Crippen molar-refractivity contribution in [3.63, 3.8) is 0 Å². The minimum absolute atomic E-state index is 0.174. The van der Waals surface area contributed by atoms with Crippen molar-refractivity contribution in [2.75, 3.05) is 47.5 Å². The van der Waals surface area contributed by atoms with Crippen LogP contribution in [0.3, 0.4) is 0 Å². The summed E-state index contributed by atoms with van der Waals surface area (Å²) in [4.78, 5) is 37.7. The van der Waals surface area contributed by atoms with Gasteiger partial charge in [0.1, 0.15) is 13.2 Å². The maximum atomic E-state index is 13.0. The van der Waals surface area contributed by atoms with Gasteiger partial charge in [-0.15, -0.1) is 0 Å². The molecule has 0 aromatic heterocycles. The Bertz CT molecular complexity index is 2350. The average molecular weight is 1340 g/mol. The molecule has 0 saturated heterocycles. The molecule has 0 aromatic carbocycles. The molecule has 0 heterocycles. The van der Waals surface area contributed by atoms with Crippen LogP contribution in [0.25, 0.3) is 0 Å². The summed E-state index contributed by atoms with van der Waals surface area (Å²) in [5.41, 5.74) is 0.